The zero-order valence-corrected chi connectivity index (χ0v) is 10.5. The molecule has 0 saturated carbocycles. The summed E-state index contributed by atoms with van der Waals surface area (Å²) >= 11 is 3.44. The molecule has 0 aliphatic heterocycles. The van der Waals surface area contributed by atoms with Gasteiger partial charge in [0.2, 0.25) is 0 Å². The van der Waals surface area contributed by atoms with E-state index in [4.69, 9.17) is 10.5 Å². The van der Waals surface area contributed by atoms with Gasteiger partial charge in [-0.1, -0.05) is 0 Å². The number of ether oxygens (including phenoxy) is 1. The Morgan fingerprint density at radius 1 is 1.38 bits per heavy atom. The molecule has 2 N–H and O–H groups in total. The number of nitrogens with zero attached hydrogens (tertiary/aromatic N) is 3. The number of nitrogen functional groups attached to an aromatic ring is 1. The molecule has 84 valence electrons. The fraction of sp³-hybridized carbons (Fsp3) is 0.200. The molecular formula is C10H11BrN4O. The van der Waals surface area contributed by atoms with Crippen molar-refractivity contribution in [2.45, 2.75) is 0 Å². The standard InChI is InChI=1S/C10H11BrN4O/c1-15-10(7(12)4-14-15)9-6(11)3-13-5-8(9)16-2/h3-5H,12H2,1-2H3. The van der Waals surface area contributed by atoms with E-state index in [2.05, 4.69) is 26.0 Å². The monoisotopic (exact) mass is 282 g/mol. The highest BCUT2D eigenvalue weighted by molar-refractivity contribution is 9.10. The molecule has 0 atom stereocenters. The number of hydrogen-bond acceptors (Lipinski definition) is 4. The first-order valence-electron chi connectivity index (χ1n) is 4.60. The van der Waals surface area contributed by atoms with Crippen molar-refractivity contribution < 1.29 is 4.74 Å². The first kappa shape index (κ1) is 10.9. The van der Waals surface area contributed by atoms with Crippen molar-refractivity contribution in [3.8, 4) is 17.0 Å². The molecule has 0 aromatic carbocycles. The van der Waals surface area contributed by atoms with E-state index in [1.807, 2.05) is 7.05 Å². The van der Waals surface area contributed by atoms with Gasteiger partial charge >= 0.3 is 0 Å². The van der Waals surface area contributed by atoms with Crippen LogP contribution < -0.4 is 10.5 Å². The molecule has 2 rings (SSSR count). The van der Waals surface area contributed by atoms with Crippen LogP contribution in [0, 0.1) is 0 Å². The van der Waals surface area contributed by atoms with Crippen molar-refractivity contribution in [1.29, 1.82) is 0 Å². The molecule has 0 saturated heterocycles. The minimum Gasteiger partial charge on any atom is -0.494 e. The Morgan fingerprint density at radius 3 is 2.69 bits per heavy atom. The van der Waals surface area contributed by atoms with Crippen LogP contribution in [0.4, 0.5) is 5.69 Å². The third-order valence-corrected chi connectivity index (χ3v) is 2.89. The van der Waals surface area contributed by atoms with E-state index in [0.29, 0.717) is 11.4 Å². The van der Waals surface area contributed by atoms with Crippen LogP contribution in [0.2, 0.25) is 0 Å². The molecule has 6 heteroatoms. The number of pyridine rings is 1. The second-order valence-corrected chi connectivity index (χ2v) is 4.13. The van der Waals surface area contributed by atoms with Crippen molar-refractivity contribution >= 4 is 21.6 Å². The predicted molar refractivity (Wildman–Crippen MR) is 65.1 cm³/mol. The van der Waals surface area contributed by atoms with Gasteiger partial charge in [0.15, 0.2) is 0 Å². The number of methoxy groups -OCH3 is 1. The normalized spacial score (nSPS) is 10.4. The first-order valence-corrected chi connectivity index (χ1v) is 5.39. The van der Waals surface area contributed by atoms with Crippen molar-refractivity contribution in [3.05, 3.63) is 23.1 Å². The molecule has 16 heavy (non-hydrogen) atoms. The molecule has 0 unspecified atom stereocenters. The largest absolute Gasteiger partial charge is 0.494 e. The number of nitrogens with two attached hydrogens (primary N) is 1. The summed E-state index contributed by atoms with van der Waals surface area (Å²) in [6, 6.07) is 0. The van der Waals surface area contributed by atoms with Crippen LogP contribution in [-0.2, 0) is 7.05 Å². The lowest BCUT2D eigenvalue weighted by Gasteiger charge is -2.10. The lowest BCUT2D eigenvalue weighted by molar-refractivity contribution is 0.414. The van der Waals surface area contributed by atoms with E-state index in [1.54, 1.807) is 30.4 Å². The molecule has 0 fully saturated rings. The molecule has 5 nitrogen and oxygen atoms in total. The number of hydrogen-bond donors (Lipinski definition) is 1. The van der Waals surface area contributed by atoms with E-state index < -0.39 is 0 Å². The Bertz CT molecular complexity index is 504. The van der Waals surface area contributed by atoms with Gasteiger partial charge < -0.3 is 10.5 Å². The van der Waals surface area contributed by atoms with E-state index in [0.717, 1.165) is 15.7 Å². The Kier molecular flexibility index (Phi) is 2.82. The van der Waals surface area contributed by atoms with Gasteiger partial charge in [0.25, 0.3) is 0 Å². The third kappa shape index (κ3) is 1.65. The Hall–Kier alpha value is -1.56. The van der Waals surface area contributed by atoms with Crippen molar-refractivity contribution in [2.75, 3.05) is 12.8 Å². The van der Waals surface area contributed by atoms with Gasteiger partial charge in [0.05, 0.1) is 36.4 Å². The van der Waals surface area contributed by atoms with Gasteiger partial charge in [-0.2, -0.15) is 5.10 Å². The minimum atomic E-state index is 0.604. The summed E-state index contributed by atoms with van der Waals surface area (Å²) in [6.45, 7) is 0. The van der Waals surface area contributed by atoms with Crippen LogP contribution >= 0.6 is 15.9 Å². The van der Waals surface area contributed by atoms with Gasteiger partial charge in [0, 0.05) is 17.7 Å². The zero-order chi connectivity index (χ0) is 11.7. The summed E-state index contributed by atoms with van der Waals surface area (Å²) in [5.41, 5.74) is 8.16. The SMILES string of the molecule is COc1cncc(Br)c1-c1c(N)cnn1C. The zero-order valence-electron chi connectivity index (χ0n) is 8.94. The Balaban J connectivity index is 2.72. The van der Waals surface area contributed by atoms with Crippen LogP contribution in [0.1, 0.15) is 0 Å². The summed E-state index contributed by atoms with van der Waals surface area (Å²) in [5, 5.41) is 4.10. The maximum atomic E-state index is 5.89. The van der Waals surface area contributed by atoms with E-state index in [9.17, 15) is 0 Å². The molecule has 0 aliphatic rings. The number of aryl methyl sites for hydroxylation is 1. The lowest BCUT2D eigenvalue weighted by Crippen LogP contribution is -1.99. The van der Waals surface area contributed by atoms with Crippen molar-refractivity contribution in [1.82, 2.24) is 14.8 Å². The summed E-state index contributed by atoms with van der Waals surface area (Å²) in [7, 11) is 3.43. The smallest absolute Gasteiger partial charge is 0.147 e. The molecule has 0 radical (unpaired) electrons. The van der Waals surface area contributed by atoms with Crippen molar-refractivity contribution in [3.63, 3.8) is 0 Å². The second kappa shape index (κ2) is 4.13. The van der Waals surface area contributed by atoms with Crippen LogP contribution in [0.5, 0.6) is 5.75 Å². The van der Waals surface area contributed by atoms with E-state index in [-0.39, 0.29) is 0 Å². The van der Waals surface area contributed by atoms with Crippen LogP contribution in [0.3, 0.4) is 0 Å². The summed E-state index contributed by atoms with van der Waals surface area (Å²) in [6.07, 6.45) is 4.96. The second-order valence-electron chi connectivity index (χ2n) is 3.27. The molecule has 0 bridgehead atoms. The Morgan fingerprint density at radius 2 is 2.12 bits per heavy atom. The maximum absolute atomic E-state index is 5.89. The minimum absolute atomic E-state index is 0.604. The first-order chi connectivity index (χ1) is 7.65. The van der Waals surface area contributed by atoms with E-state index in [1.165, 1.54) is 0 Å². The van der Waals surface area contributed by atoms with Crippen LogP contribution in [0.15, 0.2) is 23.1 Å². The average molecular weight is 283 g/mol. The molecule has 2 aromatic heterocycles. The van der Waals surface area contributed by atoms with E-state index >= 15 is 0 Å². The van der Waals surface area contributed by atoms with Gasteiger partial charge in [0.1, 0.15) is 5.75 Å². The van der Waals surface area contributed by atoms with Gasteiger partial charge in [-0.05, 0) is 15.9 Å². The molecular weight excluding hydrogens is 272 g/mol. The fourth-order valence-electron chi connectivity index (χ4n) is 1.56. The molecule has 2 aromatic rings. The maximum Gasteiger partial charge on any atom is 0.147 e. The highest BCUT2D eigenvalue weighted by Crippen LogP contribution is 2.38. The molecule has 0 amide bonds. The molecule has 0 spiro atoms. The summed E-state index contributed by atoms with van der Waals surface area (Å²) < 4.78 is 7.80. The highest BCUT2D eigenvalue weighted by Gasteiger charge is 2.16. The topological polar surface area (TPSA) is 66.0 Å². The summed E-state index contributed by atoms with van der Waals surface area (Å²) in [4.78, 5) is 4.04. The van der Waals surface area contributed by atoms with Crippen LogP contribution in [0.25, 0.3) is 11.3 Å². The molecule has 2 heterocycles. The number of anilines is 1. The van der Waals surface area contributed by atoms with Crippen LogP contribution in [-0.4, -0.2) is 21.9 Å². The van der Waals surface area contributed by atoms with Gasteiger partial charge in [-0.25, -0.2) is 0 Å². The number of aromatic nitrogens is 3. The van der Waals surface area contributed by atoms with Gasteiger partial charge in [-0.15, -0.1) is 0 Å². The Labute approximate surface area is 101 Å². The average Bonchev–Trinajstić information content (AvgIpc) is 2.59. The number of halogens is 1. The number of rotatable bonds is 2. The van der Waals surface area contributed by atoms with Crippen molar-refractivity contribution in [2.24, 2.45) is 7.05 Å². The predicted octanol–water partition coefficient (Wildman–Crippen LogP) is 1.84. The third-order valence-electron chi connectivity index (χ3n) is 2.29. The molecule has 0 aliphatic carbocycles. The fourth-order valence-corrected chi connectivity index (χ4v) is 2.06. The van der Waals surface area contributed by atoms with Gasteiger partial charge in [-0.3, -0.25) is 9.67 Å². The summed E-state index contributed by atoms with van der Waals surface area (Å²) in [5.74, 6) is 0.657. The lowest BCUT2D eigenvalue weighted by atomic mass is 10.1. The quantitative estimate of drug-likeness (QED) is 0.913. The highest BCUT2D eigenvalue weighted by atomic mass is 79.9.